The molecule has 0 atom stereocenters. The third-order valence-electron chi connectivity index (χ3n) is 0. The fourth-order valence-electron chi connectivity index (χ4n) is 0. The molecule has 0 unspecified atom stereocenters. The molecule has 0 saturated heterocycles. The zero-order valence-corrected chi connectivity index (χ0v) is 9.22. The summed E-state index contributed by atoms with van der Waals surface area (Å²) in [6.07, 6.45) is 0. The molecule has 0 N–H and O–H groups in total. The van der Waals surface area contributed by atoms with Crippen LogP contribution in [0.15, 0.2) is 0 Å². The van der Waals surface area contributed by atoms with Gasteiger partial charge in [-0.2, -0.15) is 0 Å². The molecule has 0 aliphatic heterocycles. The SMILES string of the molecule is [Cl][Mo-2]([Cl])([Cl])([Cl])([Cl])[Cl]. The van der Waals surface area contributed by atoms with E-state index in [9.17, 15) is 0 Å². The summed E-state index contributed by atoms with van der Waals surface area (Å²) < 4.78 is 0. The molecule has 0 aliphatic carbocycles. The van der Waals surface area contributed by atoms with E-state index in [4.69, 9.17) is 56.5 Å². The van der Waals surface area contributed by atoms with Crippen molar-refractivity contribution >= 4 is 56.5 Å². The van der Waals surface area contributed by atoms with Gasteiger partial charge in [0.1, 0.15) is 0 Å². The van der Waals surface area contributed by atoms with E-state index in [1.54, 1.807) is 0 Å². The molecule has 0 bridgehead atoms. The van der Waals surface area contributed by atoms with Crippen LogP contribution in [0.5, 0.6) is 0 Å². The first-order valence-corrected chi connectivity index (χ1v) is 16.4. The first-order chi connectivity index (χ1) is 2.45. The Labute approximate surface area is 63.0 Å². The van der Waals surface area contributed by atoms with Crippen LogP contribution in [0.2, 0.25) is 0 Å². The Kier molecular flexibility index (Phi) is 2.06. The van der Waals surface area contributed by atoms with E-state index in [2.05, 4.69) is 0 Å². The van der Waals surface area contributed by atoms with Crippen LogP contribution in [-0.2, 0) is 7.31 Å². The van der Waals surface area contributed by atoms with Gasteiger partial charge in [-0.05, 0) is 0 Å². The topological polar surface area (TPSA) is 0 Å². The molecule has 0 amide bonds. The first-order valence-electron chi connectivity index (χ1n) is 0.926. The van der Waals surface area contributed by atoms with E-state index >= 15 is 0 Å². The van der Waals surface area contributed by atoms with Gasteiger partial charge in [0.05, 0.1) is 0 Å². The zero-order chi connectivity index (χ0) is 6.41. The van der Waals surface area contributed by atoms with Crippen LogP contribution in [0.1, 0.15) is 0 Å². The second-order valence-corrected chi connectivity index (χ2v) is 46.6. The Balaban J connectivity index is 4.43. The van der Waals surface area contributed by atoms with Crippen LogP contribution in [0.25, 0.3) is 0 Å². The van der Waals surface area contributed by atoms with Gasteiger partial charge >= 0.3 is 63.8 Å². The maximum absolute atomic E-state index is 5.35. The predicted molar refractivity (Wildman–Crippen MR) is 35.1 cm³/mol. The summed E-state index contributed by atoms with van der Waals surface area (Å²) in [5, 5.41) is 0. The van der Waals surface area contributed by atoms with E-state index in [0.717, 1.165) is 0 Å². The third kappa shape index (κ3) is 59.1. The van der Waals surface area contributed by atoms with E-state index in [0.29, 0.717) is 0 Å². The Morgan fingerprint density at radius 1 is 0.571 bits per heavy atom. The summed E-state index contributed by atoms with van der Waals surface area (Å²) in [5.41, 5.74) is 0. The molecule has 0 spiro atoms. The molecule has 0 fully saturated rings. The molecule has 50 valence electrons. The molecule has 7 heavy (non-hydrogen) atoms. The van der Waals surface area contributed by atoms with E-state index in [1.807, 2.05) is 0 Å². The summed E-state index contributed by atoms with van der Waals surface area (Å²) in [6, 6.07) is 0. The standard InChI is InChI=1S/6ClH.Mo/h6*1H;/q;;;;;;+4/p-6. The quantitative estimate of drug-likeness (QED) is 0.590. The van der Waals surface area contributed by atoms with Crippen LogP contribution in [-0.4, -0.2) is 0 Å². The van der Waals surface area contributed by atoms with Crippen LogP contribution in [0.3, 0.4) is 0 Å². The van der Waals surface area contributed by atoms with Crippen LogP contribution in [0.4, 0.5) is 0 Å². The van der Waals surface area contributed by atoms with Gasteiger partial charge in [-0.3, -0.25) is 0 Å². The molecular weight excluding hydrogens is 309 g/mol. The molecule has 0 nitrogen and oxygen atoms in total. The number of rotatable bonds is 0. The summed E-state index contributed by atoms with van der Waals surface area (Å²) in [6.45, 7) is 0. The van der Waals surface area contributed by atoms with E-state index in [1.165, 1.54) is 0 Å². The number of hydrogen-bond donors (Lipinski definition) is 0. The average molecular weight is 309 g/mol. The van der Waals surface area contributed by atoms with E-state index in [-0.39, 0.29) is 0 Å². The van der Waals surface area contributed by atoms with Crippen molar-refractivity contribution in [1.82, 2.24) is 0 Å². The Hall–Kier alpha value is 2.43. The monoisotopic (exact) mass is 308 g/mol. The van der Waals surface area contributed by atoms with Gasteiger partial charge in [0.2, 0.25) is 0 Å². The summed E-state index contributed by atoms with van der Waals surface area (Å²) in [7, 11) is 25.0. The summed E-state index contributed by atoms with van der Waals surface area (Å²) in [5.74, 6) is 0. The van der Waals surface area contributed by atoms with Crippen molar-refractivity contribution in [1.29, 1.82) is 0 Å². The fourth-order valence-corrected chi connectivity index (χ4v) is 0. The molecule has 7 heteroatoms. The predicted octanol–water partition coefficient (Wildman–Crippen LogP) is 4.13. The van der Waals surface area contributed by atoms with Crippen molar-refractivity contribution in [3.8, 4) is 0 Å². The Bertz CT molecular complexity index is 62.7. The molecule has 0 aromatic rings. The van der Waals surface area contributed by atoms with Crippen molar-refractivity contribution < 1.29 is 7.31 Å². The van der Waals surface area contributed by atoms with Gasteiger partial charge in [-0.1, -0.05) is 0 Å². The molecule has 0 aromatic heterocycles. The van der Waals surface area contributed by atoms with Gasteiger partial charge in [0.25, 0.3) is 0 Å². The second-order valence-electron chi connectivity index (χ2n) is 0.875. The van der Waals surface area contributed by atoms with Gasteiger partial charge in [-0.25, -0.2) is 0 Å². The molecule has 0 saturated carbocycles. The molecule has 0 rings (SSSR count). The van der Waals surface area contributed by atoms with Gasteiger partial charge in [0, 0.05) is 0 Å². The maximum atomic E-state index is 5.06. The van der Waals surface area contributed by atoms with Gasteiger partial charge in [-0.15, -0.1) is 0 Å². The molecule has 0 radical (unpaired) electrons. The summed E-state index contributed by atoms with van der Waals surface area (Å²) >= 11 is 0. The van der Waals surface area contributed by atoms with Crippen LogP contribution < -0.4 is 0 Å². The zero-order valence-electron chi connectivity index (χ0n) is 2.68. The summed E-state index contributed by atoms with van der Waals surface area (Å²) in [4.78, 5) is 0. The Morgan fingerprint density at radius 2 is 0.571 bits per heavy atom. The minimum atomic E-state index is -5.35. The molecule has 0 aliphatic rings. The van der Waals surface area contributed by atoms with Crippen molar-refractivity contribution in [3.63, 3.8) is 0 Å². The van der Waals surface area contributed by atoms with Crippen molar-refractivity contribution in [3.05, 3.63) is 0 Å². The van der Waals surface area contributed by atoms with Crippen molar-refractivity contribution in [2.45, 2.75) is 0 Å². The van der Waals surface area contributed by atoms with Crippen molar-refractivity contribution in [2.24, 2.45) is 0 Å². The average Bonchev–Trinajstić information content (AvgIpc) is 0.592. The van der Waals surface area contributed by atoms with Crippen LogP contribution >= 0.6 is 56.5 Å². The first kappa shape index (κ1) is 9.43. The van der Waals surface area contributed by atoms with Crippen LogP contribution in [0, 0.1) is 0 Å². The normalized spacial score (nSPS) is 23.1. The third-order valence-corrected chi connectivity index (χ3v) is 0. The van der Waals surface area contributed by atoms with Crippen molar-refractivity contribution in [2.75, 3.05) is 0 Å². The minimum absolute atomic E-state index is 5.06. The molecule has 0 heterocycles. The van der Waals surface area contributed by atoms with Gasteiger partial charge in [0.15, 0.2) is 0 Å². The van der Waals surface area contributed by atoms with Gasteiger partial charge < -0.3 is 0 Å². The second kappa shape index (κ2) is 1.53. The Morgan fingerprint density at radius 3 is 0.571 bits per heavy atom. The fraction of sp³-hybridized carbons (Fsp3) is 0. The van der Waals surface area contributed by atoms with E-state index < -0.39 is 7.31 Å². The number of halogens is 6. The molecular formula is Cl6Mo-2. The number of hydrogen-bond acceptors (Lipinski definition) is 0. The molecule has 0 aromatic carbocycles.